The summed E-state index contributed by atoms with van der Waals surface area (Å²) in [6.45, 7) is 5.53. The molecule has 4 rings (SSSR count). The van der Waals surface area contributed by atoms with Gasteiger partial charge in [-0.15, -0.1) is 0 Å². The zero-order chi connectivity index (χ0) is 16.2. The average molecular weight is 313 g/mol. The Balaban J connectivity index is 1.67. The molecule has 2 heterocycles. The highest BCUT2D eigenvalue weighted by atomic mass is 19.1. The Bertz CT molecular complexity index is 765. The van der Waals surface area contributed by atoms with E-state index in [-0.39, 0.29) is 17.1 Å². The predicted molar refractivity (Wildman–Crippen MR) is 84.2 cm³/mol. The lowest BCUT2D eigenvalue weighted by Crippen LogP contribution is -2.44. The zero-order valence-corrected chi connectivity index (χ0v) is 13.4. The number of hydrogen-bond acceptors (Lipinski definition) is 2. The van der Waals surface area contributed by atoms with Crippen LogP contribution in [-0.4, -0.2) is 27.5 Å². The Morgan fingerprint density at radius 1 is 1.30 bits per heavy atom. The SMILES string of the molecule is CC1(C)C[C@]1(C(=O)N1CCc2[nH]ncc2C1)c1ccc(F)cc1. The van der Waals surface area contributed by atoms with Gasteiger partial charge in [-0.05, 0) is 29.5 Å². The van der Waals surface area contributed by atoms with Crippen molar-refractivity contribution in [3.8, 4) is 0 Å². The van der Waals surface area contributed by atoms with Crippen LogP contribution in [0.5, 0.6) is 0 Å². The molecule has 1 aromatic heterocycles. The molecule has 5 heteroatoms. The van der Waals surface area contributed by atoms with Gasteiger partial charge in [0.15, 0.2) is 0 Å². The monoisotopic (exact) mass is 313 g/mol. The third-order valence-electron chi connectivity index (χ3n) is 5.53. The molecule has 4 nitrogen and oxygen atoms in total. The first-order valence-electron chi connectivity index (χ1n) is 8.01. The van der Waals surface area contributed by atoms with E-state index in [0.717, 1.165) is 29.7 Å². The van der Waals surface area contributed by atoms with Gasteiger partial charge < -0.3 is 4.90 Å². The Morgan fingerprint density at radius 3 is 2.65 bits per heavy atom. The average Bonchev–Trinajstić information content (AvgIpc) is 2.91. The number of aromatic nitrogens is 2. The van der Waals surface area contributed by atoms with Crippen molar-refractivity contribution in [1.29, 1.82) is 0 Å². The minimum absolute atomic E-state index is 0.0986. The summed E-state index contributed by atoms with van der Waals surface area (Å²) in [7, 11) is 0. The van der Waals surface area contributed by atoms with E-state index in [4.69, 9.17) is 0 Å². The minimum Gasteiger partial charge on any atom is -0.337 e. The van der Waals surface area contributed by atoms with E-state index in [9.17, 15) is 9.18 Å². The molecule has 120 valence electrons. The summed E-state index contributed by atoms with van der Waals surface area (Å²) < 4.78 is 13.3. The fourth-order valence-corrected chi connectivity index (χ4v) is 4.00. The molecule has 1 N–H and O–H groups in total. The standard InChI is InChI=1S/C18H20FN3O/c1-17(2)11-18(17,13-3-5-14(19)6-4-13)16(23)22-8-7-15-12(10-22)9-20-21-15/h3-6,9H,7-8,10-11H2,1-2H3,(H,20,21)/t18-/m1/s1. The summed E-state index contributed by atoms with van der Waals surface area (Å²) in [5, 5.41) is 7.06. The van der Waals surface area contributed by atoms with Crippen LogP contribution in [0.25, 0.3) is 0 Å². The van der Waals surface area contributed by atoms with Gasteiger partial charge >= 0.3 is 0 Å². The zero-order valence-electron chi connectivity index (χ0n) is 13.4. The van der Waals surface area contributed by atoms with E-state index in [1.54, 1.807) is 18.3 Å². The molecule has 0 bridgehead atoms. The highest BCUT2D eigenvalue weighted by Gasteiger charge is 2.68. The molecule has 2 aromatic rings. The number of carbonyl (C=O) groups excluding carboxylic acids is 1. The smallest absolute Gasteiger partial charge is 0.234 e. The number of rotatable bonds is 2. The first kappa shape index (κ1) is 14.4. The molecule has 1 fully saturated rings. The van der Waals surface area contributed by atoms with E-state index in [1.165, 1.54) is 12.1 Å². The molecule has 2 aliphatic rings. The molecule has 1 aromatic carbocycles. The van der Waals surface area contributed by atoms with Gasteiger partial charge in [0.25, 0.3) is 0 Å². The second-order valence-electron chi connectivity index (χ2n) is 7.32. The number of aromatic amines is 1. The van der Waals surface area contributed by atoms with Gasteiger partial charge in [0.2, 0.25) is 5.91 Å². The van der Waals surface area contributed by atoms with Gasteiger partial charge in [0.1, 0.15) is 5.82 Å². The van der Waals surface area contributed by atoms with Gasteiger partial charge in [-0.1, -0.05) is 26.0 Å². The summed E-state index contributed by atoms with van der Waals surface area (Å²) >= 11 is 0. The van der Waals surface area contributed by atoms with Crippen LogP contribution >= 0.6 is 0 Å². The summed E-state index contributed by atoms with van der Waals surface area (Å²) in [5.74, 6) is -0.114. The third-order valence-corrected chi connectivity index (χ3v) is 5.53. The minimum atomic E-state index is -0.526. The van der Waals surface area contributed by atoms with Crippen molar-refractivity contribution in [2.24, 2.45) is 5.41 Å². The quantitative estimate of drug-likeness (QED) is 0.927. The molecular weight excluding hydrogens is 293 g/mol. The van der Waals surface area contributed by atoms with Crippen LogP contribution < -0.4 is 0 Å². The highest BCUT2D eigenvalue weighted by Crippen LogP contribution is 2.65. The maximum atomic E-state index is 13.3. The van der Waals surface area contributed by atoms with Gasteiger partial charge in [-0.2, -0.15) is 5.10 Å². The van der Waals surface area contributed by atoms with Crippen LogP contribution in [0.3, 0.4) is 0 Å². The lowest BCUT2D eigenvalue weighted by atomic mass is 9.86. The summed E-state index contributed by atoms with van der Waals surface area (Å²) in [5.41, 5.74) is 2.52. The van der Waals surface area contributed by atoms with Crippen LogP contribution in [0.4, 0.5) is 4.39 Å². The molecular formula is C18H20FN3O. The summed E-state index contributed by atoms with van der Waals surface area (Å²) in [4.78, 5) is 15.2. The number of fused-ring (bicyclic) bond motifs is 1. The van der Waals surface area contributed by atoms with Gasteiger partial charge in [-0.25, -0.2) is 4.39 Å². The molecule has 1 amide bonds. The van der Waals surface area contributed by atoms with Crippen LogP contribution in [0.15, 0.2) is 30.5 Å². The maximum absolute atomic E-state index is 13.3. The molecule has 0 radical (unpaired) electrons. The predicted octanol–water partition coefficient (Wildman–Crippen LogP) is 2.80. The highest BCUT2D eigenvalue weighted by molar-refractivity contribution is 5.93. The maximum Gasteiger partial charge on any atom is 0.234 e. The van der Waals surface area contributed by atoms with E-state index in [2.05, 4.69) is 24.0 Å². The fraction of sp³-hybridized carbons (Fsp3) is 0.444. The number of nitrogens with zero attached hydrogens (tertiary/aromatic N) is 2. The molecule has 0 spiro atoms. The molecule has 1 saturated carbocycles. The van der Waals surface area contributed by atoms with Crippen LogP contribution in [0, 0.1) is 11.2 Å². The molecule has 1 aliphatic heterocycles. The second-order valence-corrected chi connectivity index (χ2v) is 7.32. The van der Waals surface area contributed by atoms with Crippen molar-refractivity contribution in [3.63, 3.8) is 0 Å². The first-order valence-corrected chi connectivity index (χ1v) is 8.01. The van der Waals surface area contributed by atoms with Crippen molar-refractivity contribution in [1.82, 2.24) is 15.1 Å². The number of nitrogens with one attached hydrogen (secondary N) is 1. The Hall–Kier alpha value is -2.17. The van der Waals surface area contributed by atoms with Crippen LogP contribution in [0.2, 0.25) is 0 Å². The Kier molecular flexibility index (Phi) is 2.92. The van der Waals surface area contributed by atoms with E-state index in [1.807, 2.05) is 4.90 Å². The number of H-pyrrole nitrogens is 1. The fourth-order valence-electron chi connectivity index (χ4n) is 4.00. The molecule has 0 unspecified atom stereocenters. The second kappa shape index (κ2) is 4.66. The molecule has 1 atom stereocenters. The Morgan fingerprint density at radius 2 is 2.00 bits per heavy atom. The lowest BCUT2D eigenvalue weighted by Gasteiger charge is -2.32. The normalized spacial score (nSPS) is 25.1. The van der Waals surface area contributed by atoms with Gasteiger partial charge in [0.05, 0.1) is 11.6 Å². The summed E-state index contributed by atoms with van der Waals surface area (Å²) in [6, 6.07) is 6.41. The first-order chi connectivity index (χ1) is 10.9. The van der Waals surface area contributed by atoms with Crippen LogP contribution in [-0.2, 0) is 23.2 Å². The van der Waals surface area contributed by atoms with Crippen LogP contribution in [0.1, 0.15) is 37.1 Å². The third kappa shape index (κ3) is 2.02. The Labute approximate surface area is 134 Å². The van der Waals surface area contributed by atoms with Crippen molar-refractivity contribution in [2.45, 2.75) is 38.6 Å². The summed E-state index contributed by atoms with van der Waals surface area (Å²) in [6.07, 6.45) is 3.41. The van der Waals surface area contributed by atoms with Crippen molar-refractivity contribution in [2.75, 3.05) is 6.54 Å². The number of benzene rings is 1. The van der Waals surface area contributed by atoms with Gasteiger partial charge in [0, 0.05) is 30.8 Å². The number of halogens is 1. The van der Waals surface area contributed by atoms with Crippen molar-refractivity contribution >= 4 is 5.91 Å². The molecule has 1 aliphatic carbocycles. The number of hydrogen-bond donors (Lipinski definition) is 1. The topological polar surface area (TPSA) is 49.0 Å². The van der Waals surface area contributed by atoms with Gasteiger partial charge in [-0.3, -0.25) is 9.89 Å². The molecule has 0 saturated heterocycles. The largest absolute Gasteiger partial charge is 0.337 e. The van der Waals surface area contributed by atoms with E-state index < -0.39 is 5.41 Å². The number of carbonyl (C=O) groups is 1. The van der Waals surface area contributed by atoms with Crippen molar-refractivity contribution in [3.05, 3.63) is 53.1 Å². The van der Waals surface area contributed by atoms with E-state index >= 15 is 0 Å². The van der Waals surface area contributed by atoms with Crippen molar-refractivity contribution < 1.29 is 9.18 Å². The van der Waals surface area contributed by atoms with E-state index in [0.29, 0.717) is 13.1 Å². The number of amides is 1. The lowest BCUT2D eigenvalue weighted by molar-refractivity contribution is -0.135. The molecule has 23 heavy (non-hydrogen) atoms.